The normalized spacial score (nSPS) is 9.32. The molecule has 108 valence electrons. The van der Waals surface area contributed by atoms with Crippen molar-refractivity contribution in [2.75, 3.05) is 18.9 Å². The molecule has 2 N–H and O–H groups in total. The molecule has 0 aliphatic rings. The van der Waals surface area contributed by atoms with Crippen LogP contribution in [0.5, 0.6) is 0 Å². The van der Waals surface area contributed by atoms with Gasteiger partial charge in [-0.15, -0.1) is 11.3 Å². The van der Waals surface area contributed by atoms with Crippen LogP contribution in [0.1, 0.15) is 53.3 Å². The van der Waals surface area contributed by atoms with Crippen molar-refractivity contribution in [2.45, 2.75) is 34.6 Å². The van der Waals surface area contributed by atoms with Crippen molar-refractivity contribution in [2.24, 2.45) is 0 Å². The molecule has 0 radical (unpaired) electrons. The van der Waals surface area contributed by atoms with Gasteiger partial charge in [-0.3, -0.25) is 0 Å². The first-order valence-corrected chi connectivity index (χ1v) is 7.07. The molecule has 0 aliphatic carbocycles. The Morgan fingerprint density at radius 2 is 1.58 bits per heavy atom. The van der Waals surface area contributed by atoms with Gasteiger partial charge in [0.05, 0.1) is 18.8 Å². The molecule has 1 aromatic heterocycles. The molecule has 6 heteroatoms. The molecular weight excluding hydrogens is 266 g/mol. The Bertz CT molecular complexity index is 440. The van der Waals surface area contributed by atoms with Crippen LogP contribution in [0.25, 0.3) is 0 Å². The number of esters is 2. The van der Waals surface area contributed by atoms with Crippen LogP contribution in [0.15, 0.2) is 0 Å². The number of hydrogen-bond donors (Lipinski definition) is 1. The Hall–Kier alpha value is -1.56. The molecule has 0 bridgehead atoms. The van der Waals surface area contributed by atoms with Gasteiger partial charge in [-0.05, 0) is 26.3 Å². The summed E-state index contributed by atoms with van der Waals surface area (Å²) >= 11 is 1.05. The lowest BCUT2D eigenvalue weighted by atomic mass is 10.1. The van der Waals surface area contributed by atoms with Crippen LogP contribution in [0, 0.1) is 6.92 Å². The lowest BCUT2D eigenvalue weighted by Gasteiger charge is -2.02. The average Bonchev–Trinajstić information content (AvgIpc) is 2.68. The van der Waals surface area contributed by atoms with E-state index < -0.39 is 11.9 Å². The number of carbonyl (C=O) groups excluding carboxylic acids is 2. The molecule has 0 aromatic carbocycles. The van der Waals surface area contributed by atoms with Gasteiger partial charge in [-0.1, -0.05) is 13.8 Å². The van der Waals surface area contributed by atoms with Gasteiger partial charge >= 0.3 is 11.9 Å². The molecule has 0 saturated carbocycles. The van der Waals surface area contributed by atoms with Crippen molar-refractivity contribution in [1.29, 1.82) is 0 Å². The Morgan fingerprint density at radius 3 is 2.05 bits per heavy atom. The summed E-state index contributed by atoms with van der Waals surface area (Å²) in [6.45, 7) is 9.64. The number of carbonyl (C=O) groups is 2. The number of nitrogen functional groups attached to an aromatic ring is 1. The minimum Gasteiger partial charge on any atom is -0.462 e. The second-order valence-corrected chi connectivity index (χ2v) is 4.29. The summed E-state index contributed by atoms with van der Waals surface area (Å²) in [7, 11) is 0. The van der Waals surface area contributed by atoms with Crippen molar-refractivity contribution >= 4 is 28.3 Å². The van der Waals surface area contributed by atoms with E-state index in [0.717, 1.165) is 11.3 Å². The van der Waals surface area contributed by atoms with E-state index in [1.165, 1.54) is 0 Å². The zero-order chi connectivity index (χ0) is 15.0. The third-order valence-electron chi connectivity index (χ3n) is 2.11. The average molecular weight is 287 g/mol. The Kier molecular flexibility index (Phi) is 7.83. The fraction of sp³-hybridized carbons (Fsp3) is 0.538. The number of rotatable bonds is 4. The van der Waals surface area contributed by atoms with E-state index >= 15 is 0 Å². The first-order chi connectivity index (χ1) is 9.02. The number of ether oxygens (including phenoxy) is 2. The topological polar surface area (TPSA) is 78.6 Å². The zero-order valence-corrected chi connectivity index (χ0v) is 12.8. The largest absolute Gasteiger partial charge is 0.462 e. The first kappa shape index (κ1) is 17.4. The second kappa shape index (κ2) is 8.53. The quantitative estimate of drug-likeness (QED) is 0.861. The lowest BCUT2D eigenvalue weighted by Crippen LogP contribution is -2.09. The van der Waals surface area contributed by atoms with Gasteiger partial charge in [0.25, 0.3) is 0 Å². The van der Waals surface area contributed by atoms with Crippen LogP contribution in [-0.2, 0) is 9.47 Å². The number of hydrogen-bond acceptors (Lipinski definition) is 6. The van der Waals surface area contributed by atoms with Gasteiger partial charge in [0, 0.05) is 0 Å². The second-order valence-electron chi connectivity index (χ2n) is 3.24. The maximum absolute atomic E-state index is 11.6. The maximum atomic E-state index is 11.6. The monoisotopic (exact) mass is 287 g/mol. The molecule has 5 nitrogen and oxygen atoms in total. The maximum Gasteiger partial charge on any atom is 0.348 e. The van der Waals surface area contributed by atoms with Crippen molar-refractivity contribution < 1.29 is 19.1 Å². The SMILES string of the molecule is CC.CCOC(=O)c1sc(N)c(C(=O)OCC)c1C. The summed E-state index contributed by atoms with van der Waals surface area (Å²) in [5, 5.41) is 0.281. The summed E-state index contributed by atoms with van der Waals surface area (Å²) in [5.74, 6) is -0.966. The van der Waals surface area contributed by atoms with Gasteiger partial charge in [0.15, 0.2) is 0 Å². The van der Waals surface area contributed by atoms with Crippen LogP contribution in [0.4, 0.5) is 5.00 Å². The van der Waals surface area contributed by atoms with E-state index in [4.69, 9.17) is 15.2 Å². The minimum atomic E-state index is -0.505. The molecule has 0 unspecified atom stereocenters. The van der Waals surface area contributed by atoms with E-state index in [0.29, 0.717) is 10.4 Å². The molecule has 19 heavy (non-hydrogen) atoms. The molecule has 0 saturated heterocycles. The highest BCUT2D eigenvalue weighted by Gasteiger charge is 2.24. The Morgan fingerprint density at radius 1 is 1.11 bits per heavy atom. The molecule has 0 spiro atoms. The Labute approximate surface area is 117 Å². The molecular formula is C13H21NO4S. The fourth-order valence-electron chi connectivity index (χ4n) is 1.38. The standard InChI is InChI=1S/C11H15NO4S.C2H6/c1-4-15-10(13)7-6(3)8(17-9(7)12)11(14)16-5-2;1-2/h4-5,12H2,1-3H3;1-2H3. The van der Waals surface area contributed by atoms with E-state index in [2.05, 4.69) is 0 Å². The number of anilines is 1. The van der Waals surface area contributed by atoms with Crippen LogP contribution < -0.4 is 5.73 Å². The highest BCUT2D eigenvalue weighted by atomic mass is 32.1. The minimum absolute atomic E-state index is 0.264. The molecule has 0 atom stereocenters. The van der Waals surface area contributed by atoms with E-state index in [-0.39, 0.29) is 23.8 Å². The third kappa shape index (κ3) is 4.24. The zero-order valence-electron chi connectivity index (χ0n) is 12.0. The lowest BCUT2D eigenvalue weighted by molar-refractivity contribution is 0.0527. The summed E-state index contributed by atoms with van der Waals surface area (Å²) < 4.78 is 9.76. The highest BCUT2D eigenvalue weighted by Crippen LogP contribution is 2.31. The van der Waals surface area contributed by atoms with E-state index in [1.807, 2.05) is 13.8 Å². The third-order valence-corrected chi connectivity index (χ3v) is 3.22. The molecule has 1 rings (SSSR count). The highest BCUT2D eigenvalue weighted by molar-refractivity contribution is 7.18. The molecule has 0 aliphatic heterocycles. The molecule has 0 fully saturated rings. The first-order valence-electron chi connectivity index (χ1n) is 6.25. The molecule has 1 heterocycles. The fourth-order valence-corrected chi connectivity index (χ4v) is 2.34. The van der Waals surface area contributed by atoms with Crippen LogP contribution >= 0.6 is 11.3 Å². The number of thiophene rings is 1. The van der Waals surface area contributed by atoms with Crippen molar-refractivity contribution in [3.63, 3.8) is 0 Å². The van der Waals surface area contributed by atoms with Gasteiger partial charge in [-0.2, -0.15) is 0 Å². The summed E-state index contributed by atoms with van der Waals surface area (Å²) in [4.78, 5) is 23.6. The van der Waals surface area contributed by atoms with Crippen LogP contribution in [0.3, 0.4) is 0 Å². The summed E-state index contributed by atoms with van der Waals surface area (Å²) in [5.41, 5.74) is 6.50. The smallest absolute Gasteiger partial charge is 0.348 e. The van der Waals surface area contributed by atoms with Gasteiger partial charge in [0.1, 0.15) is 9.88 Å². The van der Waals surface area contributed by atoms with Gasteiger partial charge in [0.2, 0.25) is 0 Å². The van der Waals surface area contributed by atoms with Crippen molar-refractivity contribution in [3.8, 4) is 0 Å². The summed E-state index contributed by atoms with van der Waals surface area (Å²) in [6.07, 6.45) is 0. The van der Waals surface area contributed by atoms with Crippen molar-refractivity contribution in [3.05, 3.63) is 16.0 Å². The van der Waals surface area contributed by atoms with Gasteiger partial charge < -0.3 is 15.2 Å². The molecule has 0 amide bonds. The van der Waals surface area contributed by atoms with E-state index in [1.54, 1.807) is 20.8 Å². The molecule has 1 aromatic rings. The predicted molar refractivity (Wildman–Crippen MR) is 76.7 cm³/mol. The van der Waals surface area contributed by atoms with E-state index in [9.17, 15) is 9.59 Å². The van der Waals surface area contributed by atoms with Crippen LogP contribution in [0.2, 0.25) is 0 Å². The summed E-state index contributed by atoms with van der Waals surface area (Å²) in [6, 6.07) is 0. The number of nitrogens with two attached hydrogens (primary N) is 1. The predicted octanol–water partition coefficient (Wildman–Crippen LogP) is 3.02. The van der Waals surface area contributed by atoms with Gasteiger partial charge in [-0.25, -0.2) is 9.59 Å². The van der Waals surface area contributed by atoms with Crippen molar-refractivity contribution in [1.82, 2.24) is 0 Å². The van der Waals surface area contributed by atoms with Crippen LogP contribution in [-0.4, -0.2) is 25.2 Å². The Balaban J connectivity index is 0.00000154.